The lowest BCUT2D eigenvalue weighted by atomic mass is 10.1. The first-order chi connectivity index (χ1) is 13.0. The molecular weight excluding hydrogens is 346 g/mol. The quantitative estimate of drug-likeness (QED) is 0.539. The molecule has 2 rings (SSSR count). The van der Waals surface area contributed by atoms with Crippen LogP contribution in [-0.4, -0.2) is 38.3 Å². The second-order valence-electron chi connectivity index (χ2n) is 5.97. The van der Waals surface area contributed by atoms with Crippen LogP contribution in [0.5, 0.6) is 5.75 Å². The van der Waals surface area contributed by atoms with E-state index in [9.17, 15) is 9.59 Å². The van der Waals surface area contributed by atoms with Gasteiger partial charge in [0, 0.05) is 12.3 Å². The Kier molecular flexibility index (Phi) is 7.82. The Bertz CT molecular complexity index is 750. The number of ether oxygens (including phenoxy) is 3. The number of para-hydroxylation sites is 1. The van der Waals surface area contributed by atoms with Crippen molar-refractivity contribution >= 4 is 17.6 Å². The lowest BCUT2D eigenvalue weighted by Gasteiger charge is -2.12. The number of amides is 1. The van der Waals surface area contributed by atoms with Gasteiger partial charge < -0.3 is 19.5 Å². The van der Waals surface area contributed by atoms with Crippen molar-refractivity contribution in [2.45, 2.75) is 20.8 Å². The second-order valence-corrected chi connectivity index (χ2v) is 5.97. The van der Waals surface area contributed by atoms with Gasteiger partial charge in [0.2, 0.25) is 0 Å². The first kappa shape index (κ1) is 20.5. The van der Waals surface area contributed by atoms with Crippen LogP contribution in [0.2, 0.25) is 0 Å². The summed E-state index contributed by atoms with van der Waals surface area (Å²) in [4.78, 5) is 24.0. The van der Waals surface area contributed by atoms with E-state index in [1.807, 2.05) is 39.0 Å². The normalized spacial score (nSPS) is 10.3. The van der Waals surface area contributed by atoms with E-state index in [1.54, 1.807) is 24.3 Å². The molecule has 0 bridgehead atoms. The molecule has 0 unspecified atom stereocenters. The van der Waals surface area contributed by atoms with E-state index in [4.69, 9.17) is 14.2 Å². The van der Waals surface area contributed by atoms with Crippen molar-refractivity contribution in [1.29, 1.82) is 0 Å². The number of esters is 1. The summed E-state index contributed by atoms with van der Waals surface area (Å²) in [5.74, 6) is 0.0217. The van der Waals surface area contributed by atoms with Crippen LogP contribution in [0.3, 0.4) is 0 Å². The molecule has 6 heteroatoms. The molecule has 0 radical (unpaired) electrons. The standard InChI is InChI=1S/C21H25NO5/c1-4-25-12-13-26-21(24)17-8-10-18(11-9-17)22-19(23)14-27-20-15(2)6-5-7-16(20)3/h5-11H,4,12-14H2,1-3H3,(H,22,23). The Morgan fingerprint density at radius 2 is 1.63 bits per heavy atom. The van der Waals surface area contributed by atoms with Crippen molar-refractivity contribution in [3.63, 3.8) is 0 Å². The van der Waals surface area contributed by atoms with Crippen LogP contribution in [0, 0.1) is 13.8 Å². The Labute approximate surface area is 159 Å². The zero-order chi connectivity index (χ0) is 19.6. The van der Waals surface area contributed by atoms with E-state index < -0.39 is 5.97 Å². The van der Waals surface area contributed by atoms with Gasteiger partial charge in [0.05, 0.1) is 12.2 Å². The van der Waals surface area contributed by atoms with Crippen LogP contribution >= 0.6 is 0 Å². The van der Waals surface area contributed by atoms with Gasteiger partial charge in [0.25, 0.3) is 5.91 Å². The Morgan fingerprint density at radius 3 is 2.26 bits per heavy atom. The minimum Gasteiger partial charge on any atom is -0.483 e. The summed E-state index contributed by atoms with van der Waals surface area (Å²) in [6.45, 7) is 6.82. The van der Waals surface area contributed by atoms with E-state index in [1.165, 1.54) is 0 Å². The van der Waals surface area contributed by atoms with E-state index in [0.717, 1.165) is 16.9 Å². The summed E-state index contributed by atoms with van der Waals surface area (Å²) in [5, 5.41) is 2.74. The van der Waals surface area contributed by atoms with Crippen molar-refractivity contribution < 1.29 is 23.8 Å². The van der Waals surface area contributed by atoms with E-state index >= 15 is 0 Å². The second kappa shape index (κ2) is 10.3. The zero-order valence-electron chi connectivity index (χ0n) is 15.9. The molecule has 0 aliphatic heterocycles. The van der Waals surface area contributed by atoms with Crippen LogP contribution in [0.15, 0.2) is 42.5 Å². The van der Waals surface area contributed by atoms with Crippen LogP contribution in [0.1, 0.15) is 28.4 Å². The Morgan fingerprint density at radius 1 is 0.963 bits per heavy atom. The molecule has 1 amide bonds. The fraction of sp³-hybridized carbons (Fsp3) is 0.333. The molecule has 2 aromatic rings. The molecule has 1 N–H and O–H groups in total. The zero-order valence-corrected chi connectivity index (χ0v) is 15.9. The average molecular weight is 371 g/mol. The number of anilines is 1. The highest BCUT2D eigenvalue weighted by Crippen LogP contribution is 2.22. The van der Waals surface area contributed by atoms with Crippen molar-refractivity contribution in [2.24, 2.45) is 0 Å². The molecule has 27 heavy (non-hydrogen) atoms. The minimum absolute atomic E-state index is 0.0904. The fourth-order valence-corrected chi connectivity index (χ4v) is 2.47. The predicted octanol–water partition coefficient (Wildman–Crippen LogP) is 3.51. The number of rotatable bonds is 9. The van der Waals surface area contributed by atoms with Crippen LogP contribution in [-0.2, 0) is 14.3 Å². The average Bonchev–Trinajstić information content (AvgIpc) is 2.65. The van der Waals surface area contributed by atoms with Crippen molar-refractivity contribution in [1.82, 2.24) is 0 Å². The van der Waals surface area contributed by atoms with Gasteiger partial charge in [-0.25, -0.2) is 4.79 Å². The number of aryl methyl sites for hydroxylation is 2. The number of carbonyl (C=O) groups is 2. The number of carbonyl (C=O) groups excluding carboxylic acids is 2. The highest BCUT2D eigenvalue weighted by molar-refractivity contribution is 5.93. The fourth-order valence-electron chi connectivity index (χ4n) is 2.47. The third-order valence-corrected chi connectivity index (χ3v) is 3.83. The van der Waals surface area contributed by atoms with Gasteiger partial charge in [0.1, 0.15) is 12.4 Å². The SMILES string of the molecule is CCOCCOC(=O)c1ccc(NC(=O)COc2c(C)cccc2C)cc1. The number of hydrogen-bond acceptors (Lipinski definition) is 5. The molecule has 0 saturated carbocycles. The first-order valence-corrected chi connectivity index (χ1v) is 8.85. The molecule has 0 heterocycles. The molecule has 2 aromatic carbocycles. The predicted molar refractivity (Wildman–Crippen MR) is 103 cm³/mol. The van der Waals surface area contributed by atoms with Gasteiger partial charge in [0.15, 0.2) is 6.61 Å². The smallest absolute Gasteiger partial charge is 0.338 e. The largest absolute Gasteiger partial charge is 0.483 e. The Balaban J connectivity index is 1.83. The summed E-state index contributed by atoms with van der Waals surface area (Å²) in [5.41, 5.74) is 2.96. The van der Waals surface area contributed by atoms with E-state index in [0.29, 0.717) is 24.5 Å². The summed E-state index contributed by atoms with van der Waals surface area (Å²) in [6, 6.07) is 12.3. The third kappa shape index (κ3) is 6.42. The topological polar surface area (TPSA) is 73.9 Å². The molecular formula is C21H25NO5. The van der Waals surface area contributed by atoms with Crippen LogP contribution in [0.4, 0.5) is 5.69 Å². The number of hydrogen-bond donors (Lipinski definition) is 1. The minimum atomic E-state index is -0.425. The van der Waals surface area contributed by atoms with Crippen LogP contribution < -0.4 is 10.1 Å². The van der Waals surface area contributed by atoms with Gasteiger partial charge >= 0.3 is 5.97 Å². The lowest BCUT2D eigenvalue weighted by molar-refractivity contribution is -0.118. The molecule has 6 nitrogen and oxygen atoms in total. The highest BCUT2D eigenvalue weighted by Gasteiger charge is 2.10. The van der Waals surface area contributed by atoms with Crippen molar-refractivity contribution in [3.05, 3.63) is 59.2 Å². The molecule has 0 aliphatic rings. The number of benzene rings is 2. The molecule has 0 aliphatic carbocycles. The first-order valence-electron chi connectivity index (χ1n) is 8.85. The maximum Gasteiger partial charge on any atom is 0.338 e. The summed E-state index contributed by atoms with van der Waals surface area (Å²) in [7, 11) is 0. The monoisotopic (exact) mass is 371 g/mol. The van der Waals surface area contributed by atoms with Crippen molar-refractivity contribution in [2.75, 3.05) is 31.7 Å². The molecule has 0 fully saturated rings. The lowest BCUT2D eigenvalue weighted by Crippen LogP contribution is -2.20. The van der Waals surface area contributed by atoms with Gasteiger partial charge in [-0.3, -0.25) is 4.79 Å². The van der Waals surface area contributed by atoms with E-state index in [2.05, 4.69) is 5.32 Å². The number of nitrogens with one attached hydrogen (secondary N) is 1. The van der Waals surface area contributed by atoms with Crippen LogP contribution in [0.25, 0.3) is 0 Å². The van der Waals surface area contributed by atoms with Gasteiger partial charge in [-0.1, -0.05) is 18.2 Å². The third-order valence-electron chi connectivity index (χ3n) is 3.83. The summed E-state index contributed by atoms with van der Waals surface area (Å²) < 4.78 is 15.8. The molecule has 144 valence electrons. The maximum absolute atomic E-state index is 12.1. The van der Waals surface area contributed by atoms with Crippen molar-refractivity contribution in [3.8, 4) is 5.75 Å². The van der Waals surface area contributed by atoms with Gasteiger partial charge in [-0.15, -0.1) is 0 Å². The molecule has 0 aromatic heterocycles. The van der Waals surface area contributed by atoms with Gasteiger partial charge in [-0.2, -0.15) is 0 Å². The highest BCUT2D eigenvalue weighted by atomic mass is 16.6. The summed E-state index contributed by atoms with van der Waals surface area (Å²) in [6.07, 6.45) is 0. The maximum atomic E-state index is 12.1. The summed E-state index contributed by atoms with van der Waals surface area (Å²) >= 11 is 0. The molecule has 0 saturated heterocycles. The van der Waals surface area contributed by atoms with E-state index in [-0.39, 0.29) is 19.1 Å². The Hall–Kier alpha value is -2.86. The molecule has 0 spiro atoms. The van der Waals surface area contributed by atoms with Gasteiger partial charge in [-0.05, 0) is 56.2 Å². The molecule has 0 atom stereocenters.